The Morgan fingerprint density at radius 3 is 2.61 bits per heavy atom. The lowest BCUT2D eigenvalue weighted by Gasteiger charge is -2.27. The first-order valence-electron chi connectivity index (χ1n) is 10.8. The largest absolute Gasteiger partial charge is 0.444 e. The summed E-state index contributed by atoms with van der Waals surface area (Å²) in [5.41, 5.74) is 3.22. The first-order valence-corrected chi connectivity index (χ1v) is 10.8. The maximum atomic E-state index is 12.2. The van der Waals surface area contributed by atoms with E-state index in [4.69, 9.17) is 4.74 Å². The predicted octanol–water partition coefficient (Wildman–Crippen LogP) is 5.68. The maximum Gasteiger partial charge on any atom is 0.408 e. The molecular weight excluding hydrogens is 348 g/mol. The summed E-state index contributed by atoms with van der Waals surface area (Å²) >= 11 is 0. The molecule has 4 nitrogen and oxygen atoms in total. The van der Waals surface area contributed by atoms with Crippen LogP contribution in [0.25, 0.3) is 6.08 Å². The molecule has 1 aliphatic carbocycles. The number of allylic oxidation sites excluding steroid dienone is 1. The Morgan fingerprint density at radius 2 is 1.96 bits per heavy atom. The molecule has 1 amide bonds. The van der Waals surface area contributed by atoms with Crippen molar-refractivity contribution in [1.82, 2.24) is 10.2 Å². The van der Waals surface area contributed by atoms with Gasteiger partial charge >= 0.3 is 6.09 Å². The Morgan fingerprint density at radius 1 is 1.25 bits per heavy atom. The van der Waals surface area contributed by atoms with Crippen LogP contribution in [-0.2, 0) is 11.3 Å². The lowest BCUT2D eigenvalue weighted by molar-refractivity contribution is 0.0508. The van der Waals surface area contributed by atoms with Crippen LogP contribution < -0.4 is 5.32 Å². The monoisotopic (exact) mass is 384 g/mol. The zero-order chi connectivity index (χ0) is 20.1. The van der Waals surface area contributed by atoms with Gasteiger partial charge in [-0.15, -0.1) is 0 Å². The number of nitrogens with zero attached hydrogens (tertiary/aromatic N) is 1. The third kappa shape index (κ3) is 6.66. The highest BCUT2D eigenvalue weighted by Crippen LogP contribution is 2.32. The van der Waals surface area contributed by atoms with Crippen LogP contribution in [0.3, 0.4) is 0 Å². The van der Waals surface area contributed by atoms with E-state index in [1.54, 1.807) is 0 Å². The van der Waals surface area contributed by atoms with Crippen LogP contribution in [0, 0.1) is 5.92 Å². The second-order valence-corrected chi connectivity index (χ2v) is 9.36. The van der Waals surface area contributed by atoms with Crippen LogP contribution in [0.1, 0.15) is 82.5 Å². The van der Waals surface area contributed by atoms with Gasteiger partial charge in [-0.05, 0) is 89.1 Å². The fraction of sp³-hybridized carbons (Fsp3) is 0.625. The zero-order valence-electron chi connectivity index (χ0n) is 18.0. The van der Waals surface area contributed by atoms with Crippen LogP contribution in [0.15, 0.2) is 24.3 Å². The number of piperidine rings is 1. The highest BCUT2D eigenvalue weighted by atomic mass is 16.6. The molecule has 0 bridgehead atoms. The van der Waals surface area contributed by atoms with Crippen molar-refractivity contribution >= 4 is 12.2 Å². The molecule has 1 saturated carbocycles. The number of benzene rings is 1. The number of ether oxygens (including phenoxy) is 1. The van der Waals surface area contributed by atoms with Gasteiger partial charge in [0, 0.05) is 6.54 Å². The molecule has 0 spiro atoms. The molecular formula is C24H36N2O2. The molecule has 28 heavy (non-hydrogen) atoms. The Kier molecular flexibility index (Phi) is 6.82. The van der Waals surface area contributed by atoms with E-state index in [0.29, 0.717) is 0 Å². The number of nitrogens with one attached hydrogen (secondary N) is 1. The van der Waals surface area contributed by atoms with Crippen molar-refractivity contribution in [2.24, 2.45) is 5.92 Å². The van der Waals surface area contributed by atoms with E-state index in [0.717, 1.165) is 18.0 Å². The van der Waals surface area contributed by atoms with Gasteiger partial charge in [-0.1, -0.05) is 36.8 Å². The molecule has 4 heteroatoms. The van der Waals surface area contributed by atoms with Crippen LogP contribution in [0.5, 0.6) is 0 Å². The lowest BCUT2D eigenvalue weighted by Crippen LogP contribution is -2.34. The van der Waals surface area contributed by atoms with Crippen molar-refractivity contribution in [3.05, 3.63) is 41.0 Å². The summed E-state index contributed by atoms with van der Waals surface area (Å²) < 4.78 is 5.43. The number of amides is 1. The van der Waals surface area contributed by atoms with Gasteiger partial charge in [0.15, 0.2) is 0 Å². The molecule has 0 radical (unpaired) electrons. The van der Waals surface area contributed by atoms with Gasteiger partial charge in [-0.2, -0.15) is 0 Å². The number of hydrogen-bond acceptors (Lipinski definition) is 3. The predicted molar refractivity (Wildman–Crippen MR) is 115 cm³/mol. The van der Waals surface area contributed by atoms with Gasteiger partial charge in [0.1, 0.15) is 5.60 Å². The van der Waals surface area contributed by atoms with Gasteiger partial charge in [-0.25, -0.2) is 4.79 Å². The molecule has 0 aromatic heterocycles. The average Bonchev–Trinajstić information content (AvgIpc) is 3.43. The molecule has 1 N–H and O–H groups in total. The second-order valence-electron chi connectivity index (χ2n) is 9.36. The molecule has 1 aromatic carbocycles. The maximum absolute atomic E-state index is 12.2. The SMILES string of the molecule is C[C@H](NC(=O)OC(C)(C)C)c1ccc(CN2CCCCC2)cc1/C=C/C1CC1. The van der Waals surface area contributed by atoms with Gasteiger partial charge in [0.05, 0.1) is 6.04 Å². The standard InChI is InChI=1S/C24H36N2O2/c1-18(25-23(27)28-24(2,3)4)22-13-11-20(17-26-14-6-5-7-15-26)16-21(22)12-10-19-8-9-19/h10-13,16,18-19H,5-9,14-15,17H2,1-4H3,(H,25,27)/b12-10+/t18-/m0/s1. The van der Waals surface area contributed by atoms with Crippen molar-refractivity contribution in [2.45, 2.75) is 78.0 Å². The summed E-state index contributed by atoms with van der Waals surface area (Å²) in [6.45, 7) is 11.1. The normalized spacial score (nSPS) is 19.6. The van der Waals surface area contributed by atoms with Crippen LogP contribution in [0.4, 0.5) is 4.79 Å². The molecule has 2 fully saturated rings. The summed E-state index contributed by atoms with van der Waals surface area (Å²) in [5, 5.41) is 2.99. The Balaban J connectivity index is 1.73. The summed E-state index contributed by atoms with van der Waals surface area (Å²) in [7, 11) is 0. The third-order valence-corrected chi connectivity index (χ3v) is 5.38. The van der Waals surface area contributed by atoms with E-state index in [9.17, 15) is 4.79 Å². The van der Waals surface area contributed by atoms with Gasteiger partial charge in [-0.3, -0.25) is 4.90 Å². The van der Waals surface area contributed by atoms with Crippen molar-refractivity contribution in [1.29, 1.82) is 0 Å². The Bertz CT molecular complexity index is 695. The van der Waals surface area contributed by atoms with Crippen LogP contribution >= 0.6 is 0 Å². The first kappa shape index (κ1) is 20.9. The molecule has 1 aromatic rings. The highest BCUT2D eigenvalue weighted by Gasteiger charge is 2.21. The second kappa shape index (κ2) is 9.13. The van der Waals surface area contributed by atoms with E-state index in [-0.39, 0.29) is 12.1 Å². The van der Waals surface area contributed by atoms with E-state index in [2.05, 4.69) is 40.6 Å². The number of rotatable bonds is 6. The molecule has 2 aliphatic rings. The molecule has 154 valence electrons. The highest BCUT2D eigenvalue weighted by molar-refractivity contribution is 5.69. The van der Waals surface area contributed by atoms with E-state index in [1.807, 2.05) is 27.7 Å². The lowest BCUT2D eigenvalue weighted by atomic mass is 9.97. The zero-order valence-corrected chi connectivity index (χ0v) is 18.0. The van der Waals surface area contributed by atoms with Crippen LogP contribution in [0.2, 0.25) is 0 Å². The topological polar surface area (TPSA) is 41.6 Å². The number of carbonyl (C=O) groups is 1. The van der Waals surface area contributed by atoms with Gasteiger partial charge in [0.2, 0.25) is 0 Å². The molecule has 3 rings (SSSR count). The molecule has 1 heterocycles. The number of likely N-dealkylation sites (tertiary alicyclic amines) is 1. The van der Waals surface area contributed by atoms with E-state index in [1.165, 1.54) is 56.3 Å². The number of alkyl carbamates (subject to hydrolysis) is 1. The average molecular weight is 385 g/mol. The fourth-order valence-corrected chi connectivity index (χ4v) is 3.73. The van der Waals surface area contributed by atoms with Crippen molar-refractivity contribution in [2.75, 3.05) is 13.1 Å². The third-order valence-electron chi connectivity index (χ3n) is 5.38. The first-order chi connectivity index (χ1) is 13.3. The summed E-state index contributed by atoms with van der Waals surface area (Å²) in [5.74, 6) is 0.729. The number of hydrogen-bond donors (Lipinski definition) is 1. The van der Waals surface area contributed by atoms with Crippen molar-refractivity contribution < 1.29 is 9.53 Å². The van der Waals surface area contributed by atoms with Gasteiger partial charge < -0.3 is 10.1 Å². The van der Waals surface area contributed by atoms with Crippen LogP contribution in [-0.4, -0.2) is 29.7 Å². The molecule has 0 unspecified atom stereocenters. The van der Waals surface area contributed by atoms with Gasteiger partial charge in [0.25, 0.3) is 0 Å². The number of carbonyl (C=O) groups excluding carboxylic acids is 1. The smallest absolute Gasteiger partial charge is 0.408 e. The summed E-state index contributed by atoms with van der Waals surface area (Å²) in [4.78, 5) is 14.8. The Labute approximate surface area is 170 Å². The van der Waals surface area contributed by atoms with E-state index >= 15 is 0 Å². The van der Waals surface area contributed by atoms with E-state index < -0.39 is 5.60 Å². The molecule has 1 saturated heterocycles. The minimum Gasteiger partial charge on any atom is -0.444 e. The Hall–Kier alpha value is -1.81. The van der Waals surface area contributed by atoms with Crippen molar-refractivity contribution in [3.63, 3.8) is 0 Å². The van der Waals surface area contributed by atoms with Crippen molar-refractivity contribution in [3.8, 4) is 0 Å². The summed E-state index contributed by atoms with van der Waals surface area (Å²) in [6, 6.07) is 6.59. The molecule has 1 atom stereocenters. The minimum atomic E-state index is -0.489. The fourth-order valence-electron chi connectivity index (χ4n) is 3.73. The molecule has 1 aliphatic heterocycles. The minimum absolute atomic E-state index is 0.0993. The summed E-state index contributed by atoms with van der Waals surface area (Å²) in [6.07, 6.45) is 10.8. The quantitative estimate of drug-likeness (QED) is 0.686.